The van der Waals surface area contributed by atoms with E-state index in [9.17, 15) is 14.9 Å². The number of fused-ring (bicyclic) bond motifs is 2. The van der Waals surface area contributed by atoms with Gasteiger partial charge >= 0.3 is 0 Å². The quantitative estimate of drug-likeness (QED) is 0.422. The number of ether oxygens (including phenoxy) is 2. The molecule has 0 saturated carbocycles. The lowest BCUT2D eigenvalue weighted by Gasteiger charge is -2.33. The lowest BCUT2D eigenvalue weighted by Crippen LogP contribution is -2.43. The Morgan fingerprint density at radius 1 is 1.17 bits per heavy atom. The predicted octanol–water partition coefficient (Wildman–Crippen LogP) is 3.99. The lowest BCUT2D eigenvalue weighted by atomic mass is 10.0. The van der Waals surface area contributed by atoms with E-state index in [0.717, 1.165) is 47.8 Å². The first-order chi connectivity index (χ1) is 17.5. The zero-order valence-electron chi connectivity index (χ0n) is 20.2. The number of carbonyl (C=O) groups excluding carboxylic acids is 2. The number of rotatable bonds is 6. The van der Waals surface area contributed by atoms with Crippen molar-refractivity contribution in [3.8, 4) is 17.6 Å². The topological polar surface area (TPSA) is 96.6 Å². The molecule has 1 saturated heterocycles. The monoisotopic (exact) mass is 484 g/mol. The van der Waals surface area contributed by atoms with Gasteiger partial charge in [-0.25, -0.2) is 0 Å². The summed E-state index contributed by atoms with van der Waals surface area (Å²) in [5, 5.41) is 13.4. The second-order valence-corrected chi connectivity index (χ2v) is 9.20. The number of aromatic nitrogens is 1. The summed E-state index contributed by atoms with van der Waals surface area (Å²) in [6.45, 7) is 3.53. The number of carbonyl (C=O) groups is 2. The van der Waals surface area contributed by atoms with Gasteiger partial charge < -0.3 is 24.3 Å². The molecule has 8 nitrogen and oxygen atoms in total. The summed E-state index contributed by atoms with van der Waals surface area (Å²) < 4.78 is 12.6. The zero-order valence-corrected chi connectivity index (χ0v) is 20.2. The van der Waals surface area contributed by atoms with Crippen LogP contribution in [0.1, 0.15) is 37.3 Å². The smallest absolute Gasteiger partial charge is 0.262 e. The molecule has 0 aliphatic carbocycles. The van der Waals surface area contributed by atoms with E-state index < -0.39 is 5.91 Å². The molecular formula is C28H28N4O4. The highest BCUT2D eigenvalue weighted by molar-refractivity contribution is 6.04. The molecule has 1 N–H and O–H groups in total. The van der Waals surface area contributed by atoms with Crippen molar-refractivity contribution in [2.24, 2.45) is 0 Å². The van der Waals surface area contributed by atoms with E-state index in [1.165, 1.54) is 0 Å². The molecule has 36 heavy (non-hydrogen) atoms. The fourth-order valence-corrected chi connectivity index (χ4v) is 4.86. The number of piperidine rings is 1. The second kappa shape index (κ2) is 10.2. The highest BCUT2D eigenvalue weighted by atomic mass is 16.7. The average molecular weight is 485 g/mol. The number of benzene rings is 2. The van der Waals surface area contributed by atoms with E-state index >= 15 is 0 Å². The normalized spacial score (nSPS) is 17.2. The van der Waals surface area contributed by atoms with Crippen molar-refractivity contribution in [1.82, 2.24) is 14.8 Å². The summed E-state index contributed by atoms with van der Waals surface area (Å²) in [6.07, 6.45) is 6.64. The lowest BCUT2D eigenvalue weighted by molar-refractivity contribution is -0.135. The molecule has 0 unspecified atom stereocenters. The van der Waals surface area contributed by atoms with Crippen LogP contribution in [0.3, 0.4) is 0 Å². The van der Waals surface area contributed by atoms with Gasteiger partial charge in [-0.1, -0.05) is 24.3 Å². The Morgan fingerprint density at radius 2 is 2.00 bits per heavy atom. The fraction of sp³-hybridized carbons (Fsp3) is 0.321. The first-order valence-electron chi connectivity index (χ1n) is 12.2. The molecule has 2 aliphatic heterocycles. The fourth-order valence-electron chi connectivity index (χ4n) is 4.86. The zero-order chi connectivity index (χ0) is 25.1. The number of nitrogens with zero attached hydrogens (tertiary/aromatic N) is 3. The molecule has 3 heterocycles. The maximum Gasteiger partial charge on any atom is 0.262 e. The molecule has 8 heteroatoms. The Morgan fingerprint density at radius 3 is 2.83 bits per heavy atom. The summed E-state index contributed by atoms with van der Waals surface area (Å²) in [4.78, 5) is 27.8. The molecule has 1 aromatic heterocycles. The van der Waals surface area contributed by atoms with Gasteiger partial charge in [0.2, 0.25) is 12.7 Å². The molecule has 2 amide bonds. The number of hydrogen-bond donors (Lipinski definition) is 1. The van der Waals surface area contributed by atoms with Gasteiger partial charge in [0, 0.05) is 41.8 Å². The van der Waals surface area contributed by atoms with Gasteiger partial charge in [-0.3, -0.25) is 9.59 Å². The molecule has 5 rings (SSSR count). The third-order valence-electron chi connectivity index (χ3n) is 6.80. The standard InChI is InChI=1S/C28H28N4O4/c1-19-6-4-5-11-32(19)27(33)17-31-16-22(23-7-2-3-8-24(23)31)13-21(14-29)28(34)30-15-20-9-10-25-26(12-20)36-18-35-25/h2-3,7-10,12-13,16,19H,4-6,11,15,17-18H2,1H3,(H,30,34)/b21-13+/t19-/m0/s1. The molecule has 2 aliphatic rings. The van der Waals surface area contributed by atoms with E-state index in [0.29, 0.717) is 11.5 Å². The molecular weight excluding hydrogens is 456 g/mol. The van der Waals surface area contributed by atoms with Crippen LogP contribution in [0, 0.1) is 11.3 Å². The number of nitrogens with one attached hydrogen (secondary N) is 1. The Hall–Kier alpha value is -4.25. The first kappa shape index (κ1) is 23.5. The summed E-state index contributed by atoms with van der Waals surface area (Å²) >= 11 is 0. The van der Waals surface area contributed by atoms with Crippen LogP contribution in [0.2, 0.25) is 0 Å². The van der Waals surface area contributed by atoms with Gasteiger partial charge in [-0.05, 0) is 56.0 Å². The third kappa shape index (κ3) is 4.78. The molecule has 1 fully saturated rings. The van der Waals surface area contributed by atoms with Crippen molar-refractivity contribution in [2.45, 2.75) is 45.3 Å². The number of likely N-dealkylation sites (tertiary alicyclic amines) is 1. The van der Waals surface area contributed by atoms with Crippen LogP contribution in [0.25, 0.3) is 17.0 Å². The number of hydrogen-bond acceptors (Lipinski definition) is 5. The van der Waals surface area contributed by atoms with Crippen molar-refractivity contribution in [3.63, 3.8) is 0 Å². The number of nitriles is 1. The summed E-state index contributed by atoms with van der Waals surface area (Å²) in [7, 11) is 0. The largest absolute Gasteiger partial charge is 0.454 e. The van der Waals surface area contributed by atoms with E-state index in [1.54, 1.807) is 12.1 Å². The van der Waals surface area contributed by atoms with Crippen molar-refractivity contribution < 1.29 is 19.1 Å². The minimum Gasteiger partial charge on any atom is -0.454 e. The minimum absolute atomic E-state index is 0.00498. The van der Waals surface area contributed by atoms with Crippen molar-refractivity contribution in [2.75, 3.05) is 13.3 Å². The van der Waals surface area contributed by atoms with Gasteiger partial charge in [0.05, 0.1) is 0 Å². The van der Waals surface area contributed by atoms with E-state index in [4.69, 9.17) is 9.47 Å². The van der Waals surface area contributed by atoms with Crippen LogP contribution in [-0.4, -0.2) is 40.7 Å². The van der Waals surface area contributed by atoms with Crippen LogP contribution in [0.4, 0.5) is 0 Å². The Bertz CT molecular complexity index is 1380. The average Bonchev–Trinajstić information content (AvgIpc) is 3.50. The van der Waals surface area contributed by atoms with Crippen LogP contribution in [0.5, 0.6) is 11.5 Å². The highest BCUT2D eigenvalue weighted by Gasteiger charge is 2.24. The summed E-state index contributed by atoms with van der Waals surface area (Å²) in [5.41, 5.74) is 2.45. The summed E-state index contributed by atoms with van der Waals surface area (Å²) in [6, 6.07) is 15.4. The SMILES string of the molecule is C[C@H]1CCCCN1C(=O)Cn1cc(/C=C(\C#N)C(=O)NCc2ccc3c(c2)OCO3)c2ccccc21. The Kier molecular flexibility index (Phi) is 6.63. The van der Waals surface area contributed by atoms with E-state index in [2.05, 4.69) is 12.2 Å². The maximum atomic E-state index is 13.1. The highest BCUT2D eigenvalue weighted by Crippen LogP contribution is 2.32. The van der Waals surface area contributed by atoms with Crippen LogP contribution >= 0.6 is 0 Å². The maximum absolute atomic E-state index is 13.1. The van der Waals surface area contributed by atoms with E-state index in [1.807, 2.05) is 58.1 Å². The van der Waals surface area contributed by atoms with Gasteiger partial charge in [0.1, 0.15) is 18.2 Å². The third-order valence-corrected chi connectivity index (χ3v) is 6.80. The second-order valence-electron chi connectivity index (χ2n) is 9.20. The molecule has 0 spiro atoms. The van der Waals surface area contributed by atoms with Crippen molar-refractivity contribution in [3.05, 3.63) is 65.4 Å². The molecule has 184 valence electrons. The van der Waals surface area contributed by atoms with Crippen molar-refractivity contribution >= 4 is 28.8 Å². The molecule has 0 bridgehead atoms. The molecule has 0 radical (unpaired) electrons. The minimum atomic E-state index is -0.467. The van der Waals surface area contributed by atoms with Crippen LogP contribution in [-0.2, 0) is 22.7 Å². The van der Waals surface area contributed by atoms with Crippen molar-refractivity contribution in [1.29, 1.82) is 5.26 Å². The van der Waals surface area contributed by atoms with Gasteiger partial charge in [0.15, 0.2) is 11.5 Å². The van der Waals surface area contributed by atoms with Gasteiger partial charge in [0.25, 0.3) is 5.91 Å². The predicted molar refractivity (Wildman–Crippen MR) is 135 cm³/mol. The molecule has 2 aromatic carbocycles. The molecule has 3 aromatic rings. The van der Waals surface area contributed by atoms with Gasteiger partial charge in [-0.2, -0.15) is 5.26 Å². The van der Waals surface area contributed by atoms with Gasteiger partial charge in [-0.15, -0.1) is 0 Å². The van der Waals surface area contributed by atoms with Crippen LogP contribution in [0.15, 0.2) is 54.2 Å². The Labute approximate surface area is 209 Å². The Balaban J connectivity index is 1.34. The van der Waals surface area contributed by atoms with Crippen LogP contribution < -0.4 is 14.8 Å². The first-order valence-corrected chi connectivity index (χ1v) is 12.2. The van der Waals surface area contributed by atoms with E-state index in [-0.39, 0.29) is 37.4 Å². The summed E-state index contributed by atoms with van der Waals surface area (Å²) in [5.74, 6) is 0.928. The number of amides is 2. The molecule has 1 atom stereocenters. The number of para-hydroxylation sites is 1.